The van der Waals surface area contributed by atoms with Crippen LogP contribution in [0.5, 0.6) is 0 Å². The van der Waals surface area contributed by atoms with E-state index < -0.39 is 6.10 Å². The Balaban J connectivity index is 2.74. The Morgan fingerprint density at radius 1 is 1.80 bits per heavy atom. The number of oxazole rings is 1. The number of hydrogen-bond donors (Lipinski definition) is 3. The van der Waals surface area contributed by atoms with Gasteiger partial charge in [0.25, 0.3) is 6.01 Å². The predicted molar refractivity (Wildman–Crippen MR) is 34.9 cm³/mol. The summed E-state index contributed by atoms with van der Waals surface area (Å²) in [6.45, 7) is 0.117. The zero-order chi connectivity index (χ0) is 7.56. The Bertz CT molecular complexity index is 210. The fourth-order valence-corrected chi connectivity index (χ4v) is 0.574. The highest BCUT2D eigenvalue weighted by Gasteiger charge is 2.08. The zero-order valence-electron chi connectivity index (χ0n) is 5.32. The molecule has 0 fully saturated rings. The Hall–Kier alpha value is -1.07. The molecule has 0 radical (unpaired) electrons. The van der Waals surface area contributed by atoms with Gasteiger partial charge in [-0.3, -0.25) is 0 Å². The number of aliphatic hydroxyl groups excluding tert-OH is 1. The summed E-state index contributed by atoms with van der Waals surface area (Å²) < 4.78 is 4.64. The van der Waals surface area contributed by atoms with Crippen molar-refractivity contribution in [2.75, 3.05) is 12.3 Å². The lowest BCUT2D eigenvalue weighted by Gasteiger charge is -1.99. The third-order valence-electron chi connectivity index (χ3n) is 1.10. The molecule has 0 aliphatic rings. The highest BCUT2D eigenvalue weighted by Crippen LogP contribution is 2.10. The molecule has 0 bridgehead atoms. The topological polar surface area (TPSA) is 98.3 Å². The molecule has 1 heterocycles. The van der Waals surface area contributed by atoms with Crippen LogP contribution in [-0.2, 0) is 0 Å². The second-order valence-electron chi connectivity index (χ2n) is 1.86. The van der Waals surface area contributed by atoms with Crippen LogP contribution in [0.15, 0.2) is 10.7 Å². The van der Waals surface area contributed by atoms with Crippen LogP contribution in [0, 0.1) is 0 Å². The Labute approximate surface area is 57.6 Å². The lowest BCUT2D eigenvalue weighted by molar-refractivity contribution is 0.182. The maximum atomic E-state index is 9.04. The summed E-state index contributed by atoms with van der Waals surface area (Å²) in [5.74, 6) is 0. The van der Waals surface area contributed by atoms with E-state index in [1.54, 1.807) is 0 Å². The molecule has 5 nitrogen and oxygen atoms in total. The highest BCUT2D eigenvalue weighted by atomic mass is 16.4. The molecule has 0 saturated heterocycles. The SMILES string of the molecule is NCC(O)c1coc(N)n1. The van der Waals surface area contributed by atoms with Crippen molar-refractivity contribution in [3.05, 3.63) is 12.0 Å². The Morgan fingerprint density at radius 2 is 2.50 bits per heavy atom. The highest BCUT2D eigenvalue weighted by molar-refractivity contribution is 5.14. The lowest BCUT2D eigenvalue weighted by Crippen LogP contribution is -2.11. The van der Waals surface area contributed by atoms with Gasteiger partial charge >= 0.3 is 0 Å². The maximum Gasteiger partial charge on any atom is 0.292 e. The normalized spacial score (nSPS) is 13.4. The van der Waals surface area contributed by atoms with Crippen molar-refractivity contribution in [2.24, 2.45) is 5.73 Å². The minimum absolute atomic E-state index is 0.0440. The fourth-order valence-electron chi connectivity index (χ4n) is 0.574. The average molecular weight is 143 g/mol. The van der Waals surface area contributed by atoms with E-state index in [4.69, 9.17) is 16.6 Å². The number of anilines is 1. The maximum absolute atomic E-state index is 9.04. The monoisotopic (exact) mass is 143 g/mol. The molecule has 0 aromatic carbocycles. The molecule has 1 unspecified atom stereocenters. The van der Waals surface area contributed by atoms with Gasteiger partial charge in [0.1, 0.15) is 18.1 Å². The van der Waals surface area contributed by atoms with Gasteiger partial charge in [-0.25, -0.2) is 0 Å². The number of nitrogens with zero attached hydrogens (tertiary/aromatic N) is 1. The van der Waals surface area contributed by atoms with Crippen LogP contribution in [0.3, 0.4) is 0 Å². The van der Waals surface area contributed by atoms with Gasteiger partial charge in [-0.15, -0.1) is 0 Å². The first-order chi connectivity index (χ1) is 4.74. The molecular weight excluding hydrogens is 134 g/mol. The molecule has 10 heavy (non-hydrogen) atoms. The van der Waals surface area contributed by atoms with Gasteiger partial charge < -0.3 is 21.0 Å². The van der Waals surface area contributed by atoms with Gasteiger partial charge in [-0.2, -0.15) is 4.98 Å². The van der Waals surface area contributed by atoms with Crippen LogP contribution >= 0.6 is 0 Å². The smallest absolute Gasteiger partial charge is 0.292 e. The summed E-state index contributed by atoms with van der Waals surface area (Å²) in [6, 6.07) is 0.0440. The average Bonchev–Trinajstić information content (AvgIpc) is 2.34. The number of nitrogens with two attached hydrogens (primary N) is 2. The molecule has 0 saturated carbocycles. The molecule has 0 aliphatic carbocycles. The van der Waals surface area contributed by atoms with Gasteiger partial charge in [-0.05, 0) is 0 Å². The number of aromatic nitrogens is 1. The van der Waals surface area contributed by atoms with E-state index in [9.17, 15) is 0 Å². The molecular formula is C5H9N3O2. The summed E-state index contributed by atoms with van der Waals surface area (Å²) in [5.41, 5.74) is 10.7. The number of nitrogen functional groups attached to an aromatic ring is 1. The van der Waals surface area contributed by atoms with E-state index in [2.05, 4.69) is 9.40 Å². The van der Waals surface area contributed by atoms with Crippen molar-refractivity contribution in [1.29, 1.82) is 0 Å². The van der Waals surface area contributed by atoms with Gasteiger partial charge in [0, 0.05) is 6.54 Å². The van der Waals surface area contributed by atoms with Crippen molar-refractivity contribution in [3.8, 4) is 0 Å². The lowest BCUT2D eigenvalue weighted by atomic mass is 10.3. The van der Waals surface area contributed by atoms with Crippen molar-refractivity contribution in [2.45, 2.75) is 6.10 Å². The minimum Gasteiger partial charge on any atom is -0.432 e. The first-order valence-corrected chi connectivity index (χ1v) is 2.83. The molecule has 0 aliphatic heterocycles. The molecule has 1 aromatic heterocycles. The first kappa shape index (κ1) is 7.04. The summed E-state index contributed by atoms with van der Waals surface area (Å²) in [7, 11) is 0. The Morgan fingerprint density at radius 3 is 2.90 bits per heavy atom. The third-order valence-corrected chi connectivity index (χ3v) is 1.10. The number of aliphatic hydroxyl groups is 1. The van der Waals surface area contributed by atoms with Crippen molar-refractivity contribution < 1.29 is 9.52 Å². The van der Waals surface area contributed by atoms with Crippen LogP contribution in [0.4, 0.5) is 6.01 Å². The van der Waals surface area contributed by atoms with E-state index >= 15 is 0 Å². The van der Waals surface area contributed by atoms with E-state index in [0.717, 1.165) is 0 Å². The molecule has 1 aromatic rings. The molecule has 5 heteroatoms. The Kier molecular flexibility index (Phi) is 1.88. The zero-order valence-corrected chi connectivity index (χ0v) is 5.32. The summed E-state index contributed by atoms with van der Waals surface area (Å²) in [5, 5.41) is 9.04. The van der Waals surface area contributed by atoms with Crippen LogP contribution in [0.25, 0.3) is 0 Å². The molecule has 0 amide bonds. The summed E-state index contributed by atoms with van der Waals surface area (Å²) in [4.78, 5) is 3.66. The third kappa shape index (κ3) is 1.26. The number of rotatable bonds is 2. The summed E-state index contributed by atoms with van der Waals surface area (Å²) in [6.07, 6.45) is 0.508. The predicted octanol–water partition coefficient (Wildman–Crippen LogP) is -0.751. The molecule has 1 rings (SSSR count). The van der Waals surface area contributed by atoms with Crippen molar-refractivity contribution in [3.63, 3.8) is 0 Å². The second kappa shape index (κ2) is 2.68. The van der Waals surface area contributed by atoms with Gasteiger partial charge in [0.15, 0.2) is 0 Å². The van der Waals surface area contributed by atoms with Crippen LogP contribution in [0.1, 0.15) is 11.8 Å². The van der Waals surface area contributed by atoms with Crippen LogP contribution < -0.4 is 11.5 Å². The molecule has 1 atom stereocenters. The van der Waals surface area contributed by atoms with E-state index in [0.29, 0.717) is 5.69 Å². The first-order valence-electron chi connectivity index (χ1n) is 2.83. The van der Waals surface area contributed by atoms with E-state index in [-0.39, 0.29) is 12.6 Å². The standard InChI is InChI=1S/C5H9N3O2/c6-1-4(9)3-2-10-5(7)8-3/h2,4,9H,1,6H2,(H2,7,8). The minimum atomic E-state index is -0.777. The quantitative estimate of drug-likeness (QED) is 0.506. The second-order valence-corrected chi connectivity index (χ2v) is 1.86. The summed E-state index contributed by atoms with van der Waals surface area (Å²) >= 11 is 0. The number of hydrogen-bond acceptors (Lipinski definition) is 5. The molecule has 5 N–H and O–H groups in total. The van der Waals surface area contributed by atoms with Crippen LogP contribution in [-0.4, -0.2) is 16.6 Å². The van der Waals surface area contributed by atoms with Gasteiger partial charge in [0.2, 0.25) is 0 Å². The van der Waals surface area contributed by atoms with E-state index in [1.807, 2.05) is 0 Å². The van der Waals surface area contributed by atoms with Crippen molar-refractivity contribution >= 4 is 6.01 Å². The van der Waals surface area contributed by atoms with E-state index in [1.165, 1.54) is 6.26 Å². The molecule has 0 spiro atoms. The largest absolute Gasteiger partial charge is 0.432 e. The van der Waals surface area contributed by atoms with Crippen LogP contribution in [0.2, 0.25) is 0 Å². The van der Waals surface area contributed by atoms with Gasteiger partial charge in [-0.1, -0.05) is 0 Å². The molecule has 56 valence electrons. The van der Waals surface area contributed by atoms with Gasteiger partial charge in [0.05, 0.1) is 0 Å². The fraction of sp³-hybridized carbons (Fsp3) is 0.400. The van der Waals surface area contributed by atoms with Crippen molar-refractivity contribution in [1.82, 2.24) is 4.98 Å².